The molecule has 0 bridgehead atoms. The van der Waals surface area contributed by atoms with Gasteiger partial charge in [0.1, 0.15) is 11.4 Å². The first-order valence-corrected chi connectivity index (χ1v) is 13.8. The number of amides is 2. The molecule has 40 heavy (non-hydrogen) atoms. The van der Waals surface area contributed by atoms with Gasteiger partial charge in [-0.2, -0.15) is 4.98 Å². The van der Waals surface area contributed by atoms with Crippen LogP contribution in [0.3, 0.4) is 0 Å². The van der Waals surface area contributed by atoms with Crippen molar-refractivity contribution < 1.29 is 14.3 Å². The average Bonchev–Trinajstić information content (AvgIpc) is 3.49. The Hall–Kier alpha value is -4.14. The Kier molecular flexibility index (Phi) is 8.92. The Bertz CT molecular complexity index is 1340. The molecule has 3 aromatic rings. The van der Waals surface area contributed by atoms with Gasteiger partial charge in [0.05, 0.1) is 24.4 Å². The molecule has 2 heterocycles. The number of hydrogen-bond acceptors (Lipinski definition) is 7. The molecule has 1 aliphatic carbocycles. The van der Waals surface area contributed by atoms with Crippen molar-refractivity contribution >= 4 is 35.0 Å². The molecular formula is C31H40N6O3. The van der Waals surface area contributed by atoms with E-state index in [9.17, 15) is 9.59 Å². The van der Waals surface area contributed by atoms with Crippen LogP contribution < -0.4 is 25.6 Å². The van der Waals surface area contributed by atoms with Gasteiger partial charge in [0, 0.05) is 25.2 Å². The van der Waals surface area contributed by atoms with Crippen molar-refractivity contribution in [2.75, 3.05) is 35.8 Å². The minimum atomic E-state index is -0.542. The molecule has 1 aromatic heterocycles. The number of fused-ring (bicyclic) bond motifs is 1. The third-order valence-electron chi connectivity index (χ3n) is 7.58. The topological polar surface area (TPSA) is 114 Å². The quantitative estimate of drug-likeness (QED) is 0.431. The van der Waals surface area contributed by atoms with Gasteiger partial charge >= 0.3 is 0 Å². The van der Waals surface area contributed by atoms with Gasteiger partial charge in [-0.05, 0) is 56.9 Å². The van der Waals surface area contributed by atoms with Crippen molar-refractivity contribution in [1.29, 1.82) is 0 Å². The monoisotopic (exact) mass is 544 g/mol. The number of hydrogen-bond donors (Lipinski definition) is 2. The first-order valence-electron chi connectivity index (χ1n) is 13.8. The molecule has 0 saturated heterocycles. The first-order chi connectivity index (χ1) is 19.1. The van der Waals surface area contributed by atoms with E-state index in [1.165, 1.54) is 25.5 Å². The van der Waals surface area contributed by atoms with Crippen molar-refractivity contribution in [3.63, 3.8) is 0 Å². The molecule has 0 spiro atoms. The number of primary amides is 1. The van der Waals surface area contributed by atoms with Gasteiger partial charge in [-0.3, -0.25) is 9.59 Å². The molecule has 2 amide bonds. The number of carbonyl (C=O) groups is 2. The highest BCUT2D eigenvalue weighted by Gasteiger charge is 2.41. The highest BCUT2D eigenvalue weighted by molar-refractivity contribution is 6.01. The molecule has 0 atom stereocenters. The lowest BCUT2D eigenvalue weighted by molar-refractivity contribution is -0.125. The lowest BCUT2D eigenvalue weighted by Gasteiger charge is -2.34. The van der Waals surface area contributed by atoms with E-state index in [1.54, 1.807) is 36.3 Å². The highest BCUT2D eigenvalue weighted by atomic mass is 16.5. The summed E-state index contributed by atoms with van der Waals surface area (Å²) in [5, 5.41) is 3.19. The smallest absolute Gasteiger partial charge is 0.248 e. The van der Waals surface area contributed by atoms with Crippen LogP contribution in [0, 0.1) is 5.41 Å². The van der Waals surface area contributed by atoms with Crippen LogP contribution in [0.25, 0.3) is 0 Å². The maximum Gasteiger partial charge on any atom is 0.248 e. The molecule has 2 aliphatic rings. The summed E-state index contributed by atoms with van der Waals surface area (Å²) in [5.41, 5.74) is 7.91. The summed E-state index contributed by atoms with van der Waals surface area (Å²) in [7, 11) is 3.30. The first kappa shape index (κ1) is 28.9. The summed E-state index contributed by atoms with van der Waals surface area (Å²) < 4.78 is 5.41. The number of nitrogens with zero attached hydrogens (tertiary/aromatic N) is 4. The largest absolute Gasteiger partial charge is 0.495 e. The van der Waals surface area contributed by atoms with E-state index in [1.807, 2.05) is 19.9 Å². The van der Waals surface area contributed by atoms with E-state index in [-0.39, 0.29) is 5.91 Å². The molecular weight excluding hydrogens is 504 g/mol. The van der Waals surface area contributed by atoms with Crippen molar-refractivity contribution in [3.8, 4) is 5.75 Å². The lowest BCUT2D eigenvalue weighted by atomic mass is 9.91. The minimum absolute atomic E-state index is 0.0484. The fourth-order valence-corrected chi connectivity index (χ4v) is 5.31. The fraction of sp³-hybridized carbons (Fsp3) is 0.419. The summed E-state index contributed by atoms with van der Waals surface area (Å²) in [6.45, 7) is 6.73. The Balaban J connectivity index is 0.000000398. The van der Waals surface area contributed by atoms with Crippen LogP contribution in [0.5, 0.6) is 5.75 Å². The molecule has 3 N–H and O–H groups in total. The summed E-state index contributed by atoms with van der Waals surface area (Å²) in [5.74, 6) is 1.12. The fourth-order valence-electron chi connectivity index (χ4n) is 5.31. The molecule has 1 saturated carbocycles. The summed E-state index contributed by atoms with van der Waals surface area (Å²) in [4.78, 5) is 37.8. The third-order valence-corrected chi connectivity index (χ3v) is 7.58. The van der Waals surface area contributed by atoms with Gasteiger partial charge < -0.3 is 25.6 Å². The highest BCUT2D eigenvalue weighted by Crippen LogP contribution is 2.40. The van der Waals surface area contributed by atoms with E-state index < -0.39 is 11.3 Å². The number of aryl methyl sites for hydroxylation is 1. The number of carbonyl (C=O) groups excluding carboxylic acids is 2. The number of anilines is 4. The Morgan fingerprint density at radius 3 is 2.45 bits per heavy atom. The Morgan fingerprint density at radius 2 is 1.85 bits per heavy atom. The van der Waals surface area contributed by atoms with Crippen molar-refractivity contribution in [2.45, 2.75) is 58.9 Å². The Labute approximate surface area is 236 Å². The molecule has 9 heteroatoms. The van der Waals surface area contributed by atoms with Gasteiger partial charge in [-0.1, -0.05) is 50.1 Å². The second kappa shape index (κ2) is 12.4. The number of aromatic nitrogens is 2. The van der Waals surface area contributed by atoms with Crippen LogP contribution in [0.1, 0.15) is 62.4 Å². The van der Waals surface area contributed by atoms with Gasteiger partial charge in [-0.25, -0.2) is 4.98 Å². The zero-order valence-corrected chi connectivity index (χ0v) is 24.1. The maximum atomic E-state index is 13.1. The van der Waals surface area contributed by atoms with Crippen molar-refractivity contribution in [2.24, 2.45) is 11.1 Å². The standard InChI is InChI=1S/C23H30N6O3.C8H10/c1-23(2)13-29(15-7-5-6-8-15)20-17(28(3)21(23)31)12-25-22(27-20)26-16-10-9-14(19(24)30)11-18(16)32-4;1-2-8-6-4-3-5-7-8/h9-12,15H,5-8,13H2,1-4H3,(H2,24,30)(H,25,26,27);3-7H,2H2,1H3. The van der Waals surface area contributed by atoms with E-state index in [0.29, 0.717) is 41.2 Å². The predicted octanol–water partition coefficient (Wildman–Crippen LogP) is 5.33. The van der Waals surface area contributed by atoms with Gasteiger partial charge in [0.2, 0.25) is 17.8 Å². The Morgan fingerprint density at radius 1 is 1.15 bits per heavy atom. The number of nitrogens with one attached hydrogen (secondary N) is 1. The molecule has 0 radical (unpaired) electrons. The van der Waals surface area contributed by atoms with Crippen LogP contribution in [0.4, 0.5) is 23.1 Å². The van der Waals surface area contributed by atoms with Crippen LogP contribution in [0.2, 0.25) is 0 Å². The molecule has 1 aliphatic heterocycles. The maximum absolute atomic E-state index is 13.1. The number of nitrogens with two attached hydrogens (primary N) is 1. The molecule has 5 rings (SSSR count). The number of benzene rings is 2. The molecule has 1 fully saturated rings. The normalized spacial score (nSPS) is 16.5. The lowest BCUT2D eigenvalue weighted by Crippen LogP contribution is -2.45. The third kappa shape index (κ3) is 6.35. The van der Waals surface area contributed by atoms with E-state index in [2.05, 4.69) is 46.4 Å². The zero-order chi connectivity index (χ0) is 28.9. The molecule has 0 unspecified atom stereocenters. The van der Waals surface area contributed by atoms with Crippen LogP contribution >= 0.6 is 0 Å². The van der Waals surface area contributed by atoms with E-state index in [0.717, 1.165) is 25.1 Å². The number of ether oxygens (including phenoxy) is 1. The SMILES string of the molecule is CCc1ccccc1.COc1cc(C(N)=O)ccc1Nc1ncc2c(n1)N(C1CCCC1)CC(C)(C)C(=O)N2C. The number of rotatable bonds is 6. The average molecular weight is 545 g/mol. The summed E-state index contributed by atoms with van der Waals surface area (Å²) in [6.07, 6.45) is 7.36. The predicted molar refractivity (Wildman–Crippen MR) is 159 cm³/mol. The van der Waals surface area contributed by atoms with E-state index >= 15 is 0 Å². The van der Waals surface area contributed by atoms with Crippen LogP contribution in [-0.4, -0.2) is 48.5 Å². The molecule has 2 aromatic carbocycles. The minimum Gasteiger partial charge on any atom is -0.495 e. The number of methoxy groups -OCH3 is 1. The zero-order valence-electron chi connectivity index (χ0n) is 24.1. The van der Waals surface area contributed by atoms with E-state index in [4.69, 9.17) is 15.5 Å². The summed E-state index contributed by atoms with van der Waals surface area (Å²) in [6, 6.07) is 15.7. The van der Waals surface area contributed by atoms with Gasteiger partial charge in [-0.15, -0.1) is 0 Å². The molecule has 9 nitrogen and oxygen atoms in total. The second-order valence-electron chi connectivity index (χ2n) is 11.0. The van der Waals surface area contributed by atoms with Gasteiger partial charge in [0.25, 0.3) is 0 Å². The van der Waals surface area contributed by atoms with Crippen molar-refractivity contribution in [1.82, 2.24) is 9.97 Å². The molecule has 212 valence electrons. The van der Waals surface area contributed by atoms with Gasteiger partial charge in [0.15, 0.2) is 5.82 Å². The summed E-state index contributed by atoms with van der Waals surface area (Å²) >= 11 is 0. The van der Waals surface area contributed by atoms with Crippen molar-refractivity contribution in [3.05, 3.63) is 65.9 Å². The van der Waals surface area contributed by atoms with Crippen LogP contribution in [0.15, 0.2) is 54.7 Å². The second-order valence-corrected chi connectivity index (χ2v) is 11.0. The van der Waals surface area contributed by atoms with Crippen LogP contribution in [-0.2, 0) is 11.2 Å².